The molecule has 0 saturated carbocycles. The number of nitrogens with one attached hydrogen (secondary N) is 1. The van der Waals surface area contributed by atoms with E-state index >= 15 is 0 Å². The van der Waals surface area contributed by atoms with Gasteiger partial charge in [-0.1, -0.05) is 12.1 Å². The molecule has 0 heterocycles. The first kappa shape index (κ1) is 14.5. The number of rotatable bonds is 7. The van der Waals surface area contributed by atoms with Crippen molar-refractivity contribution in [3.63, 3.8) is 0 Å². The van der Waals surface area contributed by atoms with Gasteiger partial charge in [-0.3, -0.25) is 0 Å². The van der Waals surface area contributed by atoms with Crippen LogP contribution in [0.2, 0.25) is 0 Å². The molecule has 1 aromatic rings. The van der Waals surface area contributed by atoms with Crippen molar-refractivity contribution in [2.45, 2.75) is 12.5 Å². The molecule has 0 bridgehead atoms. The van der Waals surface area contributed by atoms with E-state index in [4.69, 9.17) is 14.6 Å². The average molecular weight is 253 g/mol. The first-order valence-corrected chi connectivity index (χ1v) is 5.79. The molecule has 5 heteroatoms. The van der Waals surface area contributed by atoms with Gasteiger partial charge in [0.2, 0.25) is 0 Å². The van der Waals surface area contributed by atoms with Crippen LogP contribution in [0.4, 0.5) is 0 Å². The van der Waals surface area contributed by atoms with E-state index in [1.54, 1.807) is 19.2 Å². The summed E-state index contributed by atoms with van der Waals surface area (Å²) in [6.07, 6.45) is 0.587. The van der Waals surface area contributed by atoms with Crippen molar-refractivity contribution in [1.29, 1.82) is 0 Å². The molecule has 1 unspecified atom stereocenters. The second-order valence-electron chi connectivity index (χ2n) is 3.76. The Labute approximate surface area is 107 Å². The molecule has 100 valence electrons. The molecule has 0 aliphatic heterocycles. The quantitative estimate of drug-likeness (QED) is 0.558. The van der Waals surface area contributed by atoms with Crippen molar-refractivity contribution < 1.29 is 19.4 Å². The molecule has 1 atom stereocenters. The Balaban J connectivity index is 2.76. The van der Waals surface area contributed by atoms with Crippen LogP contribution < -0.4 is 10.1 Å². The zero-order chi connectivity index (χ0) is 13.4. The van der Waals surface area contributed by atoms with E-state index in [1.807, 2.05) is 12.1 Å². The van der Waals surface area contributed by atoms with Crippen LogP contribution in [0.3, 0.4) is 0 Å². The molecule has 5 nitrogen and oxygen atoms in total. The van der Waals surface area contributed by atoms with Crippen LogP contribution in [0.5, 0.6) is 5.75 Å². The molecule has 0 fully saturated rings. The maximum absolute atomic E-state index is 11.7. The highest BCUT2D eigenvalue weighted by atomic mass is 16.5. The first-order valence-electron chi connectivity index (χ1n) is 5.79. The number of aliphatic hydroxyl groups is 1. The topological polar surface area (TPSA) is 67.8 Å². The smallest absolute Gasteiger partial charge is 0.327 e. The Kier molecular flexibility index (Phi) is 6.18. The Morgan fingerprint density at radius 3 is 2.50 bits per heavy atom. The van der Waals surface area contributed by atoms with Gasteiger partial charge in [-0.15, -0.1) is 0 Å². The molecule has 0 spiro atoms. The van der Waals surface area contributed by atoms with Crippen LogP contribution in [-0.4, -0.2) is 38.4 Å². The van der Waals surface area contributed by atoms with Crippen molar-refractivity contribution in [3.8, 4) is 5.75 Å². The van der Waals surface area contributed by atoms with Gasteiger partial charge >= 0.3 is 5.97 Å². The van der Waals surface area contributed by atoms with Gasteiger partial charge in [0, 0.05) is 6.61 Å². The minimum absolute atomic E-state index is 0.0868. The lowest BCUT2D eigenvalue weighted by molar-refractivity contribution is -0.143. The molecular formula is C13H19NO4. The van der Waals surface area contributed by atoms with Gasteiger partial charge in [0.25, 0.3) is 0 Å². The fourth-order valence-electron chi connectivity index (χ4n) is 1.58. The lowest BCUT2D eigenvalue weighted by Crippen LogP contribution is -2.30. The molecule has 2 N–H and O–H groups in total. The fraction of sp³-hybridized carbons (Fsp3) is 0.462. The highest BCUT2D eigenvalue weighted by Crippen LogP contribution is 2.18. The number of aliphatic hydroxyl groups excluding tert-OH is 1. The van der Waals surface area contributed by atoms with Crippen LogP contribution >= 0.6 is 0 Å². The minimum atomic E-state index is -0.521. The van der Waals surface area contributed by atoms with Crippen molar-refractivity contribution >= 4 is 5.97 Å². The highest BCUT2D eigenvalue weighted by molar-refractivity contribution is 5.77. The van der Waals surface area contributed by atoms with E-state index in [0.29, 0.717) is 13.0 Å². The second kappa shape index (κ2) is 7.68. The van der Waals surface area contributed by atoms with Crippen LogP contribution in [0.1, 0.15) is 18.0 Å². The largest absolute Gasteiger partial charge is 0.497 e. The summed E-state index contributed by atoms with van der Waals surface area (Å²) < 4.78 is 9.82. The number of esters is 1. The van der Waals surface area contributed by atoms with E-state index in [0.717, 1.165) is 11.3 Å². The number of carbonyl (C=O) groups is 1. The van der Waals surface area contributed by atoms with Crippen LogP contribution in [-0.2, 0) is 9.53 Å². The predicted octanol–water partition coefficient (Wildman–Crippen LogP) is 0.881. The summed E-state index contributed by atoms with van der Waals surface area (Å²) in [5, 5.41) is 11.8. The lowest BCUT2D eigenvalue weighted by Gasteiger charge is -2.16. The fourth-order valence-corrected chi connectivity index (χ4v) is 1.58. The van der Waals surface area contributed by atoms with E-state index in [2.05, 4.69) is 5.32 Å². The zero-order valence-corrected chi connectivity index (χ0v) is 10.7. The third-order valence-corrected chi connectivity index (χ3v) is 2.57. The molecule has 0 aromatic heterocycles. The molecule has 1 aromatic carbocycles. The van der Waals surface area contributed by atoms with Crippen LogP contribution in [0.15, 0.2) is 24.3 Å². The van der Waals surface area contributed by atoms with Gasteiger partial charge in [0.05, 0.1) is 14.2 Å². The van der Waals surface area contributed by atoms with Gasteiger partial charge in [0.1, 0.15) is 11.8 Å². The van der Waals surface area contributed by atoms with Crippen LogP contribution in [0, 0.1) is 0 Å². The normalized spacial score (nSPS) is 11.9. The van der Waals surface area contributed by atoms with Crippen LogP contribution in [0.25, 0.3) is 0 Å². The summed E-state index contributed by atoms with van der Waals surface area (Å²) in [4.78, 5) is 11.7. The SMILES string of the molecule is COC(=O)C(NCCCO)c1ccc(OC)cc1. The van der Waals surface area contributed by atoms with Gasteiger partial charge in [-0.25, -0.2) is 4.79 Å². The molecule has 1 rings (SSSR count). The van der Waals surface area contributed by atoms with E-state index < -0.39 is 6.04 Å². The Bertz CT molecular complexity index is 364. The van der Waals surface area contributed by atoms with Crippen molar-refractivity contribution in [2.75, 3.05) is 27.4 Å². The van der Waals surface area contributed by atoms with E-state index in [9.17, 15) is 4.79 Å². The number of hydrogen-bond acceptors (Lipinski definition) is 5. The van der Waals surface area contributed by atoms with Gasteiger partial charge < -0.3 is 19.9 Å². The third-order valence-electron chi connectivity index (χ3n) is 2.57. The predicted molar refractivity (Wildman–Crippen MR) is 67.5 cm³/mol. The van der Waals surface area contributed by atoms with Crippen molar-refractivity contribution in [1.82, 2.24) is 5.32 Å². The summed E-state index contributed by atoms with van der Waals surface area (Å²) in [5.41, 5.74) is 0.806. The van der Waals surface area contributed by atoms with Crippen molar-refractivity contribution in [2.24, 2.45) is 0 Å². The number of benzene rings is 1. The standard InChI is InChI=1S/C13H19NO4/c1-17-11-6-4-10(5-7-11)12(13(16)18-2)14-8-3-9-15/h4-7,12,14-15H,3,8-9H2,1-2H3. The number of methoxy groups -OCH3 is 2. The monoisotopic (exact) mass is 253 g/mol. The molecule has 0 radical (unpaired) electrons. The summed E-state index contributed by atoms with van der Waals surface area (Å²) in [5.74, 6) is 0.385. The summed E-state index contributed by atoms with van der Waals surface area (Å²) in [6, 6.07) is 6.68. The third kappa shape index (κ3) is 4.01. The summed E-state index contributed by atoms with van der Waals surface area (Å²) >= 11 is 0. The average Bonchev–Trinajstić information content (AvgIpc) is 2.43. The Morgan fingerprint density at radius 1 is 1.33 bits per heavy atom. The Hall–Kier alpha value is -1.59. The zero-order valence-electron chi connectivity index (χ0n) is 10.7. The number of ether oxygens (including phenoxy) is 2. The van der Waals surface area contributed by atoms with E-state index in [1.165, 1.54) is 7.11 Å². The van der Waals surface area contributed by atoms with Gasteiger partial charge in [-0.05, 0) is 30.7 Å². The van der Waals surface area contributed by atoms with Gasteiger partial charge in [-0.2, -0.15) is 0 Å². The molecule has 0 amide bonds. The summed E-state index contributed by atoms with van der Waals surface area (Å²) in [6.45, 7) is 0.631. The Morgan fingerprint density at radius 2 is 2.00 bits per heavy atom. The molecule has 18 heavy (non-hydrogen) atoms. The molecule has 0 saturated heterocycles. The highest BCUT2D eigenvalue weighted by Gasteiger charge is 2.20. The van der Waals surface area contributed by atoms with Crippen molar-refractivity contribution in [3.05, 3.63) is 29.8 Å². The second-order valence-corrected chi connectivity index (χ2v) is 3.76. The lowest BCUT2D eigenvalue weighted by atomic mass is 10.1. The van der Waals surface area contributed by atoms with Gasteiger partial charge in [0.15, 0.2) is 0 Å². The maximum atomic E-state index is 11.7. The molecular weight excluding hydrogens is 234 g/mol. The molecule has 0 aliphatic carbocycles. The first-order chi connectivity index (χ1) is 8.72. The molecule has 0 aliphatic rings. The van der Waals surface area contributed by atoms with E-state index in [-0.39, 0.29) is 12.6 Å². The summed E-state index contributed by atoms with van der Waals surface area (Å²) in [7, 11) is 2.94. The number of hydrogen-bond donors (Lipinski definition) is 2. The maximum Gasteiger partial charge on any atom is 0.327 e. The number of carbonyl (C=O) groups excluding carboxylic acids is 1. The minimum Gasteiger partial charge on any atom is -0.497 e.